The molecule has 0 bridgehead atoms. The molecule has 0 nitrogen and oxygen atoms in total. The molecule has 0 aromatic rings. The molecule has 0 spiro atoms. The summed E-state index contributed by atoms with van der Waals surface area (Å²) < 4.78 is -0.198. The van der Waals surface area contributed by atoms with Crippen LogP contribution in [0.1, 0.15) is 6.92 Å². The fourth-order valence-corrected chi connectivity index (χ4v) is 0. The number of hydrogen-bond acceptors (Lipinski definition) is 0. The van der Waals surface area contributed by atoms with E-state index in [2.05, 4.69) is 0 Å². The largest absolute Gasteiger partial charge is 0.136 e. The molecule has 0 aromatic carbocycles. The van der Waals surface area contributed by atoms with Crippen LogP contribution >= 0.6 is 69.6 Å². The number of hydrogen-bond donors (Lipinski definition) is 0. The summed E-state index contributed by atoms with van der Waals surface area (Å²) >= 11 is 30.1. The van der Waals surface area contributed by atoms with E-state index in [1.807, 2.05) is 0 Å². The lowest BCUT2D eigenvalue weighted by Crippen LogP contribution is -1.63. The van der Waals surface area contributed by atoms with Gasteiger partial charge in [-0.25, -0.2) is 0 Å². The fourth-order valence-electron chi connectivity index (χ4n) is 0. The molecule has 0 saturated carbocycles. The first-order valence-electron chi connectivity index (χ1n) is 2.02. The van der Waals surface area contributed by atoms with Crippen molar-refractivity contribution >= 4 is 69.6 Å². The number of halogens is 6. The molecule has 0 atom stereocenters. The lowest BCUT2D eigenvalue weighted by atomic mass is 11.0. The topological polar surface area (TPSA) is 0 Å². The van der Waals surface area contributed by atoms with Gasteiger partial charge < -0.3 is 0 Å². The van der Waals surface area contributed by atoms with Crippen molar-refractivity contribution in [1.29, 1.82) is 0 Å². The smallest absolute Gasteiger partial charge is 0.106 e. The van der Waals surface area contributed by atoms with E-state index in [0.717, 1.165) is 0 Å². The first-order valence-corrected chi connectivity index (χ1v) is 4.40. The highest BCUT2D eigenvalue weighted by molar-refractivity contribution is 6.67. The van der Waals surface area contributed by atoms with Crippen molar-refractivity contribution in [2.75, 3.05) is 0 Å². The van der Waals surface area contributed by atoms with Crippen LogP contribution in [0.25, 0.3) is 0 Å². The van der Waals surface area contributed by atoms with Crippen molar-refractivity contribution < 1.29 is 0 Å². The normalized spacial score (nSPS) is 8.40. The Labute approximate surface area is 90.0 Å². The molecule has 0 aromatic heterocycles. The van der Waals surface area contributed by atoms with Crippen molar-refractivity contribution in [2.45, 2.75) is 11.8 Å². The molecule has 0 amide bonds. The SMILES string of the molecule is CC(Cl)Cl.ClC(Cl)=C(Cl)Cl. The second-order valence-electron chi connectivity index (χ2n) is 1.04. The van der Waals surface area contributed by atoms with Gasteiger partial charge in [0.2, 0.25) is 0 Å². The first-order chi connectivity index (χ1) is 4.37. The summed E-state index contributed by atoms with van der Waals surface area (Å²) in [5.74, 6) is 0. The molecule has 0 rings (SSSR count). The maximum absolute atomic E-state index is 5.04. The Balaban J connectivity index is 0. The summed E-state index contributed by atoms with van der Waals surface area (Å²) in [6.45, 7) is 1.70. The van der Waals surface area contributed by atoms with Crippen LogP contribution in [-0.4, -0.2) is 4.84 Å². The van der Waals surface area contributed by atoms with Crippen molar-refractivity contribution in [1.82, 2.24) is 0 Å². The summed E-state index contributed by atoms with van der Waals surface area (Å²) in [7, 11) is 0. The number of alkyl halides is 2. The first kappa shape index (κ1) is 14.0. The minimum atomic E-state index is -0.222. The van der Waals surface area contributed by atoms with Gasteiger partial charge in [-0.2, -0.15) is 0 Å². The van der Waals surface area contributed by atoms with E-state index in [-0.39, 0.29) is 13.8 Å². The molecule has 0 N–H and O–H groups in total. The molecule has 10 heavy (non-hydrogen) atoms. The van der Waals surface area contributed by atoms with E-state index in [1.165, 1.54) is 0 Å². The molecule has 0 saturated heterocycles. The third-order valence-corrected chi connectivity index (χ3v) is 1.29. The Kier molecular flexibility index (Phi) is 12.0. The molecule has 0 aliphatic heterocycles. The van der Waals surface area contributed by atoms with Gasteiger partial charge in [-0.1, -0.05) is 46.4 Å². The molecule has 0 fully saturated rings. The lowest BCUT2D eigenvalue weighted by Gasteiger charge is -1.75. The van der Waals surface area contributed by atoms with Crippen LogP contribution in [0.4, 0.5) is 0 Å². The van der Waals surface area contributed by atoms with Gasteiger partial charge in [-0.05, 0) is 6.92 Å². The highest BCUT2D eigenvalue weighted by Gasteiger charge is 1.88. The Hall–Kier alpha value is 1.48. The standard InChI is InChI=1S/C2Cl4.C2H4Cl2/c3-1(4)2(5)6;1-2(3)4/h;2H,1H3. The fraction of sp³-hybridized carbons (Fsp3) is 0.500. The predicted octanol–water partition coefficient (Wildman–Crippen LogP) is 4.88. The van der Waals surface area contributed by atoms with Crippen LogP contribution in [0.15, 0.2) is 8.98 Å². The quantitative estimate of drug-likeness (QED) is 0.547. The van der Waals surface area contributed by atoms with Crippen LogP contribution in [0.3, 0.4) is 0 Å². The van der Waals surface area contributed by atoms with Gasteiger partial charge in [0.15, 0.2) is 0 Å². The molecular formula is C4H4Cl6. The van der Waals surface area contributed by atoms with Gasteiger partial charge in [-0.3, -0.25) is 0 Å². The maximum atomic E-state index is 5.04. The van der Waals surface area contributed by atoms with Crippen molar-refractivity contribution in [3.8, 4) is 0 Å². The Morgan fingerprint density at radius 3 is 1.00 bits per heavy atom. The zero-order chi connectivity index (χ0) is 8.73. The second kappa shape index (κ2) is 8.58. The zero-order valence-corrected chi connectivity index (χ0v) is 9.38. The summed E-state index contributed by atoms with van der Waals surface area (Å²) in [5.41, 5.74) is 0. The number of rotatable bonds is 0. The lowest BCUT2D eigenvalue weighted by molar-refractivity contribution is 1.39. The van der Waals surface area contributed by atoms with Gasteiger partial charge in [0.05, 0.1) is 0 Å². The van der Waals surface area contributed by atoms with Gasteiger partial charge in [-0.15, -0.1) is 23.2 Å². The second-order valence-corrected chi connectivity index (χ2v) is 4.47. The van der Waals surface area contributed by atoms with Crippen molar-refractivity contribution in [2.24, 2.45) is 0 Å². The van der Waals surface area contributed by atoms with Crippen LogP contribution in [0.5, 0.6) is 0 Å². The molecule has 0 aliphatic rings. The van der Waals surface area contributed by atoms with E-state index in [1.54, 1.807) is 6.92 Å². The molecule has 0 unspecified atom stereocenters. The highest BCUT2D eigenvalue weighted by Crippen LogP contribution is 2.20. The molecule has 62 valence electrons. The third kappa shape index (κ3) is 22.7. The zero-order valence-electron chi connectivity index (χ0n) is 4.85. The average Bonchev–Trinajstić information content (AvgIpc) is 1.63. The average molecular weight is 265 g/mol. The molecule has 0 radical (unpaired) electrons. The van der Waals surface area contributed by atoms with Crippen molar-refractivity contribution in [3.63, 3.8) is 0 Å². The minimum absolute atomic E-state index is 0.0988. The third-order valence-electron chi connectivity index (χ3n) is 0.143. The molecule has 0 heterocycles. The van der Waals surface area contributed by atoms with E-state index >= 15 is 0 Å². The van der Waals surface area contributed by atoms with Crippen LogP contribution in [-0.2, 0) is 0 Å². The Bertz CT molecular complexity index is 85.6. The summed E-state index contributed by atoms with van der Waals surface area (Å²) in [6, 6.07) is 0. The minimum Gasteiger partial charge on any atom is -0.106 e. The van der Waals surface area contributed by atoms with Crippen LogP contribution in [0.2, 0.25) is 0 Å². The maximum Gasteiger partial charge on any atom is 0.136 e. The van der Waals surface area contributed by atoms with Gasteiger partial charge in [0.1, 0.15) is 13.8 Å². The van der Waals surface area contributed by atoms with E-state index < -0.39 is 0 Å². The van der Waals surface area contributed by atoms with Gasteiger partial charge in [0, 0.05) is 0 Å². The van der Waals surface area contributed by atoms with Gasteiger partial charge in [0.25, 0.3) is 0 Å². The van der Waals surface area contributed by atoms with Crippen LogP contribution in [0, 0.1) is 0 Å². The molecule has 6 heteroatoms. The van der Waals surface area contributed by atoms with Crippen molar-refractivity contribution in [3.05, 3.63) is 8.98 Å². The highest BCUT2D eigenvalue weighted by atomic mass is 35.5. The predicted molar refractivity (Wildman–Crippen MR) is 51.6 cm³/mol. The Morgan fingerprint density at radius 2 is 1.00 bits per heavy atom. The Morgan fingerprint density at radius 1 is 0.900 bits per heavy atom. The monoisotopic (exact) mass is 262 g/mol. The van der Waals surface area contributed by atoms with E-state index in [9.17, 15) is 0 Å². The van der Waals surface area contributed by atoms with Crippen LogP contribution < -0.4 is 0 Å². The molecule has 0 aliphatic carbocycles. The van der Waals surface area contributed by atoms with E-state index in [0.29, 0.717) is 0 Å². The molecular weight excluding hydrogens is 261 g/mol. The van der Waals surface area contributed by atoms with Gasteiger partial charge >= 0.3 is 0 Å². The summed E-state index contributed by atoms with van der Waals surface area (Å²) in [6.07, 6.45) is 0. The summed E-state index contributed by atoms with van der Waals surface area (Å²) in [4.78, 5) is -0.222. The summed E-state index contributed by atoms with van der Waals surface area (Å²) in [5, 5.41) is 0. The van der Waals surface area contributed by atoms with E-state index in [4.69, 9.17) is 69.6 Å².